The molecule has 9 nitrogen and oxygen atoms in total. The summed E-state index contributed by atoms with van der Waals surface area (Å²) in [4.78, 5) is 39.2. The Labute approximate surface area is 194 Å². The quantitative estimate of drug-likeness (QED) is 0.176. The molecule has 0 atom stereocenters. The Bertz CT molecular complexity index is 1340. The van der Waals surface area contributed by atoms with Gasteiger partial charge in [-0.15, -0.1) is 0 Å². The van der Waals surface area contributed by atoms with Gasteiger partial charge in [0.1, 0.15) is 0 Å². The van der Waals surface area contributed by atoms with Crippen molar-refractivity contribution in [2.45, 2.75) is 6.92 Å². The number of carbonyl (C=O) groups excluding carboxylic acids is 2. The number of nitro groups is 1. The lowest BCUT2D eigenvalue weighted by Gasteiger charge is -2.10. The van der Waals surface area contributed by atoms with Crippen molar-refractivity contribution in [2.75, 3.05) is 7.11 Å². The molecular weight excluding hydrogens is 440 g/mol. The molecule has 4 rings (SSSR count). The maximum Gasteiger partial charge on any atom is 0.363 e. The topological polar surface area (TPSA) is 117 Å². The fourth-order valence-corrected chi connectivity index (χ4v) is 3.12. The highest BCUT2D eigenvalue weighted by molar-refractivity contribution is 6.12. The van der Waals surface area contributed by atoms with Crippen molar-refractivity contribution in [3.63, 3.8) is 0 Å². The van der Waals surface area contributed by atoms with Crippen molar-refractivity contribution >= 4 is 29.6 Å². The number of carbonyl (C=O) groups is 2. The molecule has 0 spiro atoms. The summed E-state index contributed by atoms with van der Waals surface area (Å²) in [5.74, 6) is -0.671. The Morgan fingerprint density at radius 3 is 2.38 bits per heavy atom. The van der Waals surface area contributed by atoms with Gasteiger partial charge in [-0.3, -0.25) is 10.1 Å². The van der Waals surface area contributed by atoms with E-state index >= 15 is 0 Å². The first-order valence-corrected chi connectivity index (χ1v) is 10.1. The number of methoxy groups -OCH3 is 1. The third-order valence-corrected chi connectivity index (χ3v) is 4.93. The molecule has 1 heterocycles. The van der Waals surface area contributed by atoms with Crippen LogP contribution in [-0.4, -0.2) is 29.9 Å². The molecule has 0 unspecified atom stereocenters. The number of cyclic esters (lactones) is 1. The Balaban J connectivity index is 1.54. The van der Waals surface area contributed by atoms with E-state index in [2.05, 4.69) is 4.99 Å². The predicted molar refractivity (Wildman–Crippen MR) is 123 cm³/mol. The van der Waals surface area contributed by atoms with E-state index in [1.807, 2.05) is 31.2 Å². The van der Waals surface area contributed by atoms with Crippen molar-refractivity contribution in [3.8, 4) is 11.5 Å². The number of nitro benzene ring substituents is 1. The second-order valence-electron chi connectivity index (χ2n) is 7.31. The molecule has 0 bridgehead atoms. The Morgan fingerprint density at radius 2 is 1.74 bits per heavy atom. The molecule has 0 N–H and O–H groups in total. The van der Waals surface area contributed by atoms with Gasteiger partial charge in [0.25, 0.3) is 5.69 Å². The molecule has 1 aliphatic rings. The summed E-state index contributed by atoms with van der Waals surface area (Å²) in [6.45, 7) is 1.96. The Kier molecular flexibility index (Phi) is 6.18. The number of aryl methyl sites for hydroxylation is 1. The fraction of sp³-hybridized carbons (Fsp3) is 0.0800. The number of ether oxygens (including phenoxy) is 3. The van der Waals surface area contributed by atoms with Gasteiger partial charge >= 0.3 is 11.9 Å². The van der Waals surface area contributed by atoms with E-state index in [0.717, 1.165) is 5.56 Å². The van der Waals surface area contributed by atoms with Crippen LogP contribution in [0.15, 0.2) is 77.4 Å². The van der Waals surface area contributed by atoms with Gasteiger partial charge in [-0.1, -0.05) is 23.8 Å². The summed E-state index contributed by atoms with van der Waals surface area (Å²) in [6.07, 6.45) is 1.54. The van der Waals surface area contributed by atoms with Gasteiger partial charge < -0.3 is 14.2 Å². The average molecular weight is 458 g/mol. The molecule has 0 amide bonds. The van der Waals surface area contributed by atoms with E-state index in [1.54, 1.807) is 12.1 Å². The summed E-state index contributed by atoms with van der Waals surface area (Å²) >= 11 is 0. The smallest absolute Gasteiger partial charge is 0.363 e. The zero-order valence-electron chi connectivity index (χ0n) is 18.2. The summed E-state index contributed by atoms with van der Waals surface area (Å²) < 4.78 is 16.0. The average Bonchev–Trinajstić information content (AvgIpc) is 3.20. The SMILES string of the molecule is COc1cc(/C=C2\N=C(c3ccc(C)cc3)OC2=O)ccc1OC(=O)c1ccc([N+](=O)[O-])cc1. The molecule has 0 saturated heterocycles. The predicted octanol–water partition coefficient (Wildman–Crippen LogP) is 4.48. The van der Waals surface area contributed by atoms with Gasteiger partial charge in [-0.25, -0.2) is 14.6 Å². The van der Waals surface area contributed by atoms with Crippen LogP contribution >= 0.6 is 0 Å². The summed E-state index contributed by atoms with van der Waals surface area (Å²) in [5.41, 5.74) is 2.47. The van der Waals surface area contributed by atoms with Gasteiger partial charge in [-0.2, -0.15) is 0 Å². The van der Waals surface area contributed by atoms with Crippen LogP contribution in [0.1, 0.15) is 27.0 Å². The molecule has 0 aliphatic carbocycles. The zero-order valence-corrected chi connectivity index (χ0v) is 18.2. The first-order valence-electron chi connectivity index (χ1n) is 10.1. The van der Waals surface area contributed by atoms with Crippen molar-refractivity contribution in [1.29, 1.82) is 0 Å². The van der Waals surface area contributed by atoms with E-state index in [-0.39, 0.29) is 34.3 Å². The minimum absolute atomic E-state index is 0.119. The van der Waals surface area contributed by atoms with Crippen LogP contribution in [0, 0.1) is 17.0 Å². The molecule has 0 saturated carbocycles. The minimum atomic E-state index is -0.703. The molecule has 3 aromatic carbocycles. The monoisotopic (exact) mass is 458 g/mol. The number of aliphatic imine (C=N–C) groups is 1. The Morgan fingerprint density at radius 1 is 1.03 bits per heavy atom. The van der Waals surface area contributed by atoms with Gasteiger partial charge in [0.2, 0.25) is 5.90 Å². The van der Waals surface area contributed by atoms with Crippen molar-refractivity contribution in [1.82, 2.24) is 0 Å². The highest BCUT2D eigenvalue weighted by atomic mass is 16.6. The first kappa shape index (κ1) is 22.4. The molecular formula is C25H18N2O7. The van der Waals surface area contributed by atoms with Gasteiger partial charge in [0.05, 0.1) is 17.6 Å². The highest BCUT2D eigenvalue weighted by Crippen LogP contribution is 2.30. The maximum atomic E-state index is 12.4. The first-order chi connectivity index (χ1) is 16.3. The number of hydrogen-bond acceptors (Lipinski definition) is 8. The lowest BCUT2D eigenvalue weighted by Crippen LogP contribution is -2.09. The highest BCUT2D eigenvalue weighted by Gasteiger charge is 2.24. The number of esters is 2. The number of hydrogen-bond donors (Lipinski definition) is 0. The van der Waals surface area contributed by atoms with Crippen molar-refractivity contribution in [2.24, 2.45) is 4.99 Å². The second-order valence-corrected chi connectivity index (χ2v) is 7.31. The lowest BCUT2D eigenvalue weighted by atomic mass is 10.1. The van der Waals surface area contributed by atoms with E-state index in [0.29, 0.717) is 11.1 Å². The largest absolute Gasteiger partial charge is 0.493 e. The summed E-state index contributed by atoms with van der Waals surface area (Å²) in [6, 6.07) is 17.2. The molecule has 0 aromatic heterocycles. The van der Waals surface area contributed by atoms with E-state index < -0.39 is 16.9 Å². The number of non-ortho nitro benzene ring substituents is 1. The molecule has 0 fully saturated rings. The summed E-state index contributed by atoms with van der Waals surface area (Å²) in [7, 11) is 1.41. The van der Waals surface area contributed by atoms with Crippen LogP contribution in [0.3, 0.4) is 0 Å². The van der Waals surface area contributed by atoms with Crippen LogP contribution in [0.5, 0.6) is 11.5 Å². The van der Waals surface area contributed by atoms with Gasteiger partial charge in [-0.05, 0) is 55.0 Å². The lowest BCUT2D eigenvalue weighted by molar-refractivity contribution is -0.384. The number of benzene rings is 3. The fourth-order valence-electron chi connectivity index (χ4n) is 3.12. The molecule has 9 heteroatoms. The third kappa shape index (κ3) is 4.83. The second kappa shape index (κ2) is 9.37. The minimum Gasteiger partial charge on any atom is -0.493 e. The summed E-state index contributed by atoms with van der Waals surface area (Å²) in [5, 5.41) is 10.8. The van der Waals surface area contributed by atoms with Crippen molar-refractivity contribution in [3.05, 3.63) is 105 Å². The van der Waals surface area contributed by atoms with Gasteiger partial charge in [0.15, 0.2) is 17.2 Å². The van der Waals surface area contributed by atoms with Crippen molar-refractivity contribution < 1.29 is 28.7 Å². The molecule has 3 aromatic rings. The molecule has 0 radical (unpaired) electrons. The number of nitrogens with zero attached hydrogens (tertiary/aromatic N) is 2. The normalized spacial score (nSPS) is 13.9. The van der Waals surface area contributed by atoms with E-state index in [9.17, 15) is 19.7 Å². The number of rotatable bonds is 6. The standard InChI is InChI=1S/C25H18N2O7/c1-15-3-6-17(7-4-15)23-26-20(25(29)34-23)13-16-5-12-21(22(14-16)32-2)33-24(28)18-8-10-19(11-9-18)27(30)31/h3-14H,1-2H3/b20-13-. The van der Waals surface area contributed by atoms with Crippen LogP contribution in [0.2, 0.25) is 0 Å². The van der Waals surface area contributed by atoms with E-state index in [4.69, 9.17) is 14.2 Å². The Hall–Kier alpha value is -4.79. The van der Waals surface area contributed by atoms with Crippen LogP contribution in [-0.2, 0) is 9.53 Å². The van der Waals surface area contributed by atoms with E-state index in [1.165, 1.54) is 43.5 Å². The molecule has 34 heavy (non-hydrogen) atoms. The molecule has 170 valence electrons. The third-order valence-electron chi connectivity index (χ3n) is 4.93. The zero-order chi connectivity index (χ0) is 24.2. The molecule has 1 aliphatic heterocycles. The van der Waals surface area contributed by atoms with Gasteiger partial charge in [0, 0.05) is 17.7 Å². The maximum absolute atomic E-state index is 12.4. The van der Waals surface area contributed by atoms with Crippen LogP contribution in [0.4, 0.5) is 5.69 Å². The van der Waals surface area contributed by atoms with Crippen LogP contribution in [0.25, 0.3) is 6.08 Å². The van der Waals surface area contributed by atoms with Crippen LogP contribution < -0.4 is 9.47 Å².